The smallest absolute Gasteiger partial charge is 0.348 e. The first-order chi connectivity index (χ1) is 9.75. The zero-order valence-corrected chi connectivity index (χ0v) is 11.9. The zero-order chi connectivity index (χ0) is 13.9. The molecule has 0 amide bonds. The van der Waals surface area contributed by atoms with Crippen molar-refractivity contribution in [1.29, 1.82) is 0 Å². The fourth-order valence-electron chi connectivity index (χ4n) is 1.74. The van der Waals surface area contributed by atoms with Crippen LogP contribution in [-0.4, -0.2) is 22.1 Å². The second-order valence-electron chi connectivity index (χ2n) is 3.99. The van der Waals surface area contributed by atoms with E-state index in [1.807, 2.05) is 16.8 Å². The molecule has 0 aliphatic heterocycles. The maximum Gasteiger partial charge on any atom is 0.348 e. The van der Waals surface area contributed by atoms with Gasteiger partial charge in [0.2, 0.25) is 0 Å². The van der Waals surface area contributed by atoms with E-state index in [4.69, 9.17) is 4.74 Å². The monoisotopic (exact) mass is 306 g/mol. The molecule has 102 valence electrons. The van der Waals surface area contributed by atoms with Gasteiger partial charge >= 0.3 is 5.97 Å². The zero-order valence-electron chi connectivity index (χ0n) is 10.3. The number of hydrogen-bond donors (Lipinski definition) is 0. The van der Waals surface area contributed by atoms with Crippen LogP contribution in [0.1, 0.15) is 9.67 Å². The third-order valence-corrected chi connectivity index (χ3v) is 4.46. The van der Waals surface area contributed by atoms with Crippen molar-refractivity contribution in [3.63, 3.8) is 0 Å². The van der Waals surface area contributed by atoms with Crippen LogP contribution in [0.15, 0.2) is 40.1 Å². The Balaban J connectivity index is 1.67. The predicted octanol–water partition coefficient (Wildman–Crippen LogP) is 2.38. The van der Waals surface area contributed by atoms with Crippen LogP contribution >= 0.6 is 22.7 Å². The summed E-state index contributed by atoms with van der Waals surface area (Å²) < 4.78 is 7.21. The Morgan fingerprint density at radius 3 is 3.00 bits per heavy atom. The lowest BCUT2D eigenvalue weighted by Crippen LogP contribution is -2.22. The van der Waals surface area contributed by atoms with Crippen LogP contribution in [-0.2, 0) is 11.3 Å². The van der Waals surface area contributed by atoms with Crippen LogP contribution in [0.5, 0.6) is 0 Å². The molecule has 3 aromatic heterocycles. The summed E-state index contributed by atoms with van der Waals surface area (Å²) >= 11 is 2.69. The maximum atomic E-state index is 12.1. The van der Waals surface area contributed by atoms with Gasteiger partial charge in [0.15, 0.2) is 0 Å². The van der Waals surface area contributed by atoms with Crippen LogP contribution in [0.4, 0.5) is 0 Å². The van der Waals surface area contributed by atoms with Gasteiger partial charge in [-0.3, -0.25) is 9.36 Å². The number of carbonyl (C=O) groups is 1. The van der Waals surface area contributed by atoms with E-state index >= 15 is 0 Å². The highest BCUT2D eigenvalue weighted by Crippen LogP contribution is 2.13. The van der Waals surface area contributed by atoms with Crippen LogP contribution in [0.25, 0.3) is 10.2 Å². The molecule has 0 aliphatic rings. The van der Waals surface area contributed by atoms with Gasteiger partial charge in [-0.15, -0.1) is 22.7 Å². The molecule has 7 heteroatoms. The normalized spacial score (nSPS) is 10.8. The lowest BCUT2D eigenvalue weighted by molar-refractivity contribution is 0.0496. The number of ether oxygens (including phenoxy) is 1. The summed E-state index contributed by atoms with van der Waals surface area (Å²) in [5.74, 6) is -0.363. The van der Waals surface area contributed by atoms with Crippen LogP contribution in [0, 0.1) is 0 Å². The van der Waals surface area contributed by atoms with E-state index in [0.717, 1.165) is 0 Å². The summed E-state index contributed by atoms with van der Waals surface area (Å²) in [6.45, 7) is 0.450. The molecule has 0 atom stereocenters. The summed E-state index contributed by atoms with van der Waals surface area (Å²) in [5.41, 5.74) is 0.601. The first-order valence-electron chi connectivity index (χ1n) is 5.89. The average molecular weight is 306 g/mol. The minimum Gasteiger partial charge on any atom is -0.460 e. The highest BCUT2D eigenvalue weighted by molar-refractivity contribution is 7.17. The van der Waals surface area contributed by atoms with Crippen molar-refractivity contribution in [3.05, 3.63) is 50.5 Å². The van der Waals surface area contributed by atoms with Crippen molar-refractivity contribution in [3.8, 4) is 0 Å². The third kappa shape index (κ3) is 2.50. The predicted molar refractivity (Wildman–Crippen MR) is 78.5 cm³/mol. The SMILES string of the molecule is O=C(OCCn1cnc2ccsc2c1=O)c1cccs1. The number of esters is 1. The molecule has 0 unspecified atom stereocenters. The molecule has 20 heavy (non-hydrogen) atoms. The van der Waals surface area contributed by atoms with E-state index in [1.54, 1.807) is 12.1 Å². The largest absolute Gasteiger partial charge is 0.460 e. The average Bonchev–Trinajstić information content (AvgIpc) is 3.11. The van der Waals surface area contributed by atoms with E-state index in [2.05, 4.69) is 4.98 Å². The Kier molecular flexibility index (Phi) is 3.62. The van der Waals surface area contributed by atoms with Crippen molar-refractivity contribution in [2.45, 2.75) is 6.54 Å². The van der Waals surface area contributed by atoms with E-state index in [1.165, 1.54) is 33.6 Å². The highest BCUT2D eigenvalue weighted by atomic mass is 32.1. The molecule has 0 spiro atoms. The quantitative estimate of drug-likeness (QED) is 0.694. The summed E-state index contributed by atoms with van der Waals surface area (Å²) in [4.78, 5) is 28.5. The molecule has 0 radical (unpaired) electrons. The Morgan fingerprint density at radius 1 is 1.30 bits per heavy atom. The Hall–Kier alpha value is -1.99. The molecular formula is C13H10N2O3S2. The van der Waals surface area contributed by atoms with Crippen LogP contribution in [0.2, 0.25) is 0 Å². The molecular weight excluding hydrogens is 296 g/mol. The minimum absolute atomic E-state index is 0.0998. The van der Waals surface area contributed by atoms with Gasteiger partial charge in [-0.05, 0) is 22.9 Å². The molecule has 0 aromatic carbocycles. The lowest BCUT2D eigenvalue weighted by atomic mass is 10.4. The molecule has 5 nitrogen and oxygen atoms in total. The van der Waals surface area contributed by atoms with Gasteiger partial charge in [0.25, 0.3) is 5.56 Å². The third-order valence-electron chi connectivity index (χ3n) is 2.72. The second kappa shape index (κ2) is 5.56. The standard InChI is InChI=1S/C13H10N2O3S2/c16-12-11-9(3-7-20-11)14-8-15(12)4-5-18-13(17)10-2-1-6-19-10/h1-3,6-8H,4-5H2. The molecule has 0 bridgehead atoms. The topological polar surface area (TPSA) is 61.2 Å². The van der Waals surface area contributed by atoms with Gasteiger partial charge in [-0.2, -0.15) is 0 Å². The Bertz CT molecular complexity index is 789. The summed E-state index contributed by atoms with van der Waals surface area (Å²) in [5, 5.41) is 3.65. The van der Waals surface area contributed by atoms with Crippen molar-refractivity contribution in [2.24, 2.45) is 0 Å². The first-order valence-corrected chi connectivity index (χ1v) is 7.65. The number of thiophene rings is 2. The van der Waals surface area contributed by atoms with E-state index in [0.29, 0.717) is 21.6 Å². The number of hydrogen-bond acceptors (Lipinski definition) is 6. The van der Waals surface area contributed by atoms with Gasteiger partial charge in [-0.25, -0.2) is 9.78 Å². The van der Waals surface area contributed by atoms with Gasteiger partial charge in [0, 0.05) is 0 Å². The van der Waals surface area contributed by atoms with Crippen molar-refractivity contribution in [2.75, 3.05) is 6.61 Å². The Morgan fingerprint density at radius 2 is 2.20 bits per heavy atom. The van der Waals surface area contributed by atoms with Gasteiger partial charge in [0.1, 0.15) is 16.2 Å². The minimum atomic E-state index is -0.363. The molecule has 3 heterocycles. The van der Waals surface area contributed by atoms with Gasteiger partial charge in [-0.1, -0.05) is 6.07 Å². The summed E-state index contributed by atoms with van der Waals surface area (Å²) in [6, 6.07) is 5.31. The van der Waals surface area contributed by atoms with E-state index < -0.39 is 0 Å². The summed E-state index contributed by atoms with van der Waals surface area (Å²) in [6.07, 6.45) is 1.48. The molecule has 3 aromatic rings. The molecule has 0 fully saturated rings. The first kappa shape index (κ1) is 13.0. The highest BCUT2D eigenvalue weighted by Gasteiger charge is 2.09. The second-order valence-corrected chi connectivity index (χ2v) is 5.86. The maximum absolute atomic E-state index is 12.1. The number of nitrogens with zero attached hydrogens (tertiary/aromatic N) is 2. The van der Waals surface area contributed by atoms with Gasteiger partial charge in [0.05, 0.1) is 18.4 Å². The molecule has 0 saturated carbocycles. The van der Waals surface area contributed by atoms with Crippen LogP contribution < -0.4 is 5.56 Å². The molecule has 0 aliphatic carbocycles. The van der Waals surface area contributed by atoms with Crippen LogP contribution in [0.3, 0.4) is 0 Å². The van der Waals surface area contributed by atoms with Gasteiger partial charge < -0.3 is 4.74 Å². The Labute approximate surface area is 122 Å². The number of rotatable bonds is 4. The summed E-state index contributed by atoms with van der Waals surface area (Å²) in [7, 11) is 0. The fourth-order valence-corrected chi connectivity index (χ4v) is 3.15. The lowest BCUT2D eigenvalue weighted by Gasteiger charge is -2.05. The number of carbonyl (C=O) groups excluding carboxylic acids is 1. The number of fused-ring (bicyclic) bond motifs is 1. The molecule has 0 saturated heterocycles. The number of aromatic nitrogens is 2. The van der Waals surface area contributed by atoms with E-state index in [-0.39, 0.29) is 18.1 Å². The molecule has 0 N–H and O–H groups in total. The van der Waals surface area contributed by atoms with Crippen molar-refractivity contribution in [1.82, 2.24) is 9.55 Å². The molecule has 3 rings (SSSR count). The van der Waals surface area contributed by atoms with Crippen molar-refractivity contribution >= 4 is 38.9 Å². The van der Waals surface area contributed by atoms with E-state index in [9.17, 15) is 9.59 Å². The van der Waals surface area contributed by atoms with Crippen molar-refractivity contribution < 1.29 is 9.53 Å². The fraction of sp³-hybridized carbons (Fsp3) is 0.154.